The summed E-state index contributed by atoms with van der Waals surface area (Å²) in [6.07, 6.45) is 1.96. The van der Waals surface area contributed by atoms with Crippen molar-refractivity contribution >= 4 is 0 Å². The Kier molecular flexibility index (Phi) is 1.65. The zero-order valence-electron chi connectivity index (χ0n) is 4.71. The van der Waals surface area contributed by atoms with Gasteiger partial charge in [-0.2, -0.15) is 0 Å². The molecule has 8 heavy (non-hydrogen) atoms. The first-order valence-electron chi connectivity index (χ1n) is 2.77. The van der Waals surface area contributed by atoms with Gasteiger partial charge in [0.05, 0.1) is 12.7 Å². The summed E-state index contributed by atoms with van der Waals surface area (Å²) >= 11 is 0. The van der Waals surface area contributed by atoms with Crippen LogP contribution in [0.15, 0.2) is 12.7 Å². The van der Waals surface area contributed by atoms with Crippen LogP contribution in [0.2, 0.25) is 0 Å². The van der Waals surface area contributed by atoms with Gasteiger partial charge in [-0.1, -0.05) is 6.08 Å². The second-order valence-corrected chi connectivity index (χ2v) is 1.93. The Hall–Kier alpha value is -0.340. The first kappa shape index (κ1) is 5.79. The molecule has 1 heterocycles. The van der Waals surface area contributed by atoms with Gasteiger partial charge in [0.1, 0.15) is 6.10 Å². The molecule has 2 heteroatoms. The van der Waals surface area contributed by atoms with Crippen molar-refractivity contribution in [3.8, 4) is 0 Å². The average Bonchev–Trinajstić information content (AvgIpc) is 2.14. The van der Waals surface area contributed by atoms with E-state index in [4.69, 9.17) is 9.84 Å². The molecule has 1 rings (SSSR count). The molecular formula is C6H10O2. The van der Waals surface area contributed by atoms with Crippen molar-refractivity contribution in [2.45, 2.75) is 18.6 Å². The van der Waals surface area contributed by atoms with Gasteiger partial charge in [-0.3, -0.25) is 0 Å². The molecule has 0 saturated carbocycles. The third-order valence-electron chi connectivity index (χ3n) is 1.34. The van der Waals surface area contributed by atoms with Gasteiger partial charge in [0.15, 0.2) is 0 Å². The van der Waals surface area contributed by atoms with E-state index in [0.29, 0.717) is 6.61 Å². The van der Waals surface area contributed by atoms with Crippen LogP contribution in [-0.4, -0.2) is 23.9 Å². The summed E-state index contributed by atoms with van der Waals surface area (Å²) < 4.78 is 5.05. The maximum atomic E-state index is 8.99. The fourth-order valence-corrected chi connectivity index (χ4v) is 0.825. The molecule has 0 aliphatic carbocycles. The van der Waals surface area contributed by atoms with Crippen LogP contribution in [0.1, 0.15) is 6.42 Å². The lowest BCUT2D eigenvalue weighted by atomic mass is 10.2. The van der Waals surface area contributed by atoms with Gasteiger partial charge >= 0.3 is 0 Å². The molecule has 0 radical (unpaired) electrons. The normalized spacial score (nSPS) is 37.6. The standard InChI is InChI=1S/C6H10O2/c1-2-6-5(7)3-4-8-6/h2,5-7H,1,3-4H2. The van der Waals surface area contributed by atoms with E-state index < -0.39 is 0 Å². The van der Waals surface area contributed by atoms with Gasteiger partial charge in [-0.15, -0.1) is 6.58 Å². The van der Waals surface area contributed by atoms with Gasteiger partial charge < -0.3 is 9.84 Å². The zero-order chi connectivity index (χ0) is 5.98. The monoisotopic (exact) mass is 114 g/mol. The Bertz CT molecular complexity index is 90.5. The summed E-state index contributed by atoms with van der Waals surface area (Å²) in [6, 6.07) is 0. The molecule has 1 saturated heterocycles. The number of hydrogen-bond acceptors (Lipinski definition) is 2. The number of aliphatic hydroxyl groups excluding tert-OH is 1. The van der Waals surface area contributed by atoms with E-state index in [-0.39, 0.29) is 12.2 Å². The van der Waals surface area contributed by atoms with E-state index in [0.717, 1.165) is 6.42 Å². The lowest BCUT2D eigenvalue weighted by Crippen LogP contribution is -2.16. The topological polar surface area (TPSA) is 29.5 Å². The highest BCUT2D eigenvalue weighted by atomic mass is 16.5. The summed E-state index contributed by atoms with van der Waals surface area (Å²) in [4.78, 5) is 0. The van der Waals surface area contributed by atoms with Crippen molar-refractivity contribution in [3.63, 3.8) is 0 Å². The molecule has 46 valence electrons. The maximum Gasteiger partial charge on any atom is 0.101 e. The Morgan fingerprint density at radius 2 is 2.50 bits per heavy atom. The molecule has 0 amide bonds. The molecule has 0 aromatic rings. The Morgan fingerprint density at radius 1 is 1.75 bits per heavy atom. The number of aliphatic hydroxyl groups is 1. The van der Waals surface area contributed by atoms with Crippen LogP contribution in [0.3, 0.4) is 0 Å². The van der Waals surface area contributed by atoms with E-state index >= 15 is 0 Å². The van der Waals surface area contributed by atoms with Crippen LogP contribution < -0.4 is 0 Å². The van der Waals surface area contributed by atoms with Crippen LogP contribution in [0.5, 0.6) is 0 Å². The van der Waals surface area contributed by atoms with Crippen LogP contribution in [0.4, 0.5) is 0 Å². The predicted octanol–water partition coefficient (Wildman–Crippen LogP) is 0.322. The first-order valence-corrected chi connectivity index (χ1v) is 2.77. The predicted molar refractivity (Wildman–Crippen MR) is 30.6 cm³/mol. The average molecular weight is 114 g/mol. The lowest BCUT2D eigenvalue weighted by Gasteiger charge is -2.05. The van der Waals surface area contributed by atoms with Crippen LogP contribution in [0.25, 0.3) is 0 Å². The lowest BCUT2D eigenvalue weighted by molar-refractivity contribution is 0.0751. The molecule has 1 fully saturated rings. The van der Waals surface area contributed by atoms with Gasteiger partial charge in [0, 0.05) is 0 Å². The third kappa shape index (κ3) is 0.904. The van der Waals surface area contributed by atoms with Crippen molar-refractivity contribution in [1.82, 2.24) is 0 Å². The summed E-state index contributed by atoms with van der Waals surface area (Å²) in [5, 5.41) is 8.99. The molecule has 0 aromatic heterocycles. The molecule has 0 aromatic carbocycles. The summed E-state index contributed by atoms with van der Waals surface area (Å²) in [7, 11) is 0. The molecule has 1 aliphatic rings. The quantitative estimate of drug-likeness (QED) is 0.497. The smallest absolute Gasteiger partial charge is 0.101 e. The molecule has 2 unspecified atom stereocenters. The summed E-state index contributed by atoms with van der Waals surface area (Å²) in [5.74, 6) is 0. The van der Waals surface area contributed by atoms with Gasteiger partial charge in [-0.05, 0) is 6.42 Å². The largest absolute Gasteiger partial charge is 0.390 e. The molecular weight excluding hydrogens is 104 g/mol. The van der Waals surface area contributed by atoms with Crippen molar-refractivity contribution in [1.29, 1.82) is 0 Å². The fourth-order valence-electron chi connectivity index (χ4n) is 0.825. The number of hydrogen-bond donors (Lipinski definition) is 1. The number of rotatable bonds is 1. The van der Waals surface area contributed by atoms with Crippen LogP contribution >= 0.6 is 0 Å². The van der Waals surface area contributed by atoms with Crippen molar-refractivity contribution < 1.29 is 9.84 Å². The van der Waals surface area contributed by atoms with E-state index in [1.807, 2.05) is 0 Å². The van der Waals surface area contributed by atoms with Gasteiger partial charge in [-0.25, -0.2) is 0 Å². The minimum atomic E-state index is -0.313. The van der Waals surface area contributed by atoms with Gasteiger partial charge in [0.2, 0.25) is 0 Å². The van der Waals surface area contributed by atoms with Crippen molar-refractivity contribution in [2.24, 2.45) is 0 Å². The Balaban J connectivity index is 2.41. The summed E-state index contributed by atoms with van der Waals surface area (Å²) in [5.41, 5.74) is 0. The first-order chi connectivity index (χ1) is 3.84. The minimum absolute atomic E-state index is 0.116. The maximum absolute atomic E-state index is 8.99. The van der Waals surface area contributed by atoms with Crippen molar-refractivity contribution in [3.05, 3.63) is 12.7 Å². The van der Waals surface area contributed by atoms with Crippen molar-refractivity contribution in [2.75, 3.05) is 6.61 Å². The molecule has 0 spiro atoms. The van der Waals surface area contributed by atoms with E-state index in [1.54, 1.807) is 6.08 Å². The zero-order valence-corrected chi connectivity index (χ0v) is 4.71. The van der Waals surface area contributed by atoms with E-state index in [2.05, 4.69) is 6.58 Å². The van der Waals surface area contributed by atoms with Gasteiger partial charge in [0.25, 0.3) is 0 Å². The molecule has 2 atom stereocenters. The fraction of sp³-hybridized carbons (Fsp3) is 0.667. The number of ether oxygens (including phenoxy) is 1. The minimum Gasteiger partial charge on any atom is -0.390 e. The second kappa shape index (κ2) is 2.29. The van der Waals surface area contributed by atoms with E-state index in [1.165, 1.54) is 0 Å². The molecule has 2 nitrogen and oxygen atoms in total. The molecule has 1 N–H and O–H groups in total. The van der Waals surface area contributed by atoms with Crippen LogP contribution in [0, 0.1) is 0 Å². The van der Waals surface area contributed by atoms with Crippen LogP contribution in [-0.2, 0) is 4.74 Å². The summed E-state index contributed by atoms with van der Waals surface area (Å²) in [6.45, 7) is 4.17. The second-order valence-electron chi connectivity index (χ2n) is 1.93. The highest BCUT2D eigenvalue weighted by molar-refractivity contribution is 4.89. The Morgan fingerprint density at radius 3 is 2.75 bits per heavy atom. The molecule has 0 bridgehead atoms. The van der Waals surface area contributed by atoms with E-state index in [9.17, 15) is 0 Å². The highest BCUT2D eigenvalue weighted by Gasteiger charge is 2.22. The highest BCUT2D eigenvalue weighted by Crippen LogP contribution is 2.12. The third-order valence-corrected chi connectivity index (χ3v) is 1.34. The molecule has 1 aliphatic heterocycles. The Labute approximate surface area is 48.8 Å². The SMILES string of the molecule is C=CC1OCCC1O.